The van der Waals surface area contributed by atoms with Crippen LogP contribution in [0.3, 0.4) is 0 Å². The molecule has 2 heterocycles. The number of benzene rings is 1. The van der Waals surface area contributed by atoms with Crippen molar-refractivity contribution in [3.8, 4) is 11.5 Å². The summed E-state index contributed by atoms with van der Waals surface area (Å²) in [6.07, 6.45) is 0. The van der Waals surface area contributed by atoms with E-state index in [1.165, 1.54) is 7.11 Å². The Balaban J connectivity index is 1.65. The van der Waals surface area contributed by atoms with Crippen molar-refractivity contribution in [3.63, 3.8) is 0 Å². The summed E-state index contributed by atoms with van der Waals surface area (Å²) >= 11 is 0. The quantitative estimate of drug-likeness (QED) is 0.494. The molecule has 0 bridgehead atoms. The van der Waals surface area contributed by atoms with Gasteiger partial charge in [-0.25, -0.2) is 0 Å². The van der Waals surface area contributed by atoms with Crippen LogP contribution >= 0.6 is 0 Å². The number of ether oxygens (including phenoxy) is 4. The van der Waals surface area contributed by atoms with Crippen molar-refractivity contribution >= 4 is 11.8 Å². The van der Waals surface area contributed by atoms with E-state index in [0.717, 1.165) is 18.7 Å². The van der Waals surface area contributed by atoms with E-state index in [2.05, 4.69) is 15.5 Å². The van der Waals surface area contributed by atoms with Crippen LogP contribution in [0.4, 0.5) is 0 Å². The molecule has 9 nitrogen and oxygen atoms in total. The maximum absolute atomic E-state index is 12.1. The molecule has 2 aliphatic heterocycles. The second-order valence-electron chi connectivity index (χ2n) is 6.24. The Morgan fingerprint density at radius 1 is 1.15 bits per heavy atom. The smallest absolute Gasteiger partial charge is 0.309 e. The molecule has 1 aromatic carbocycles. The number of rotatable bonds is 7. The van der Waals surface area contributed by atoms with Crippen molar-refractivity contribution in [1.29, 1.82) is 0 Å². The standard InChI is InChI=1S/C18H25N3O6/c1-24-7-4-19-17(22)18(23)20-11-14(21-5-8-25-9-6-21)13-2-3-15-16(10-13)27-12-26-15/h2-3,10,14H,4-9,11-12H2,1H3,(H,19,22)(H,20,23)/t14-/m0/s1. The predicted molar refractivity (Wildman–Crippen MR) is 95.6 cm³/mol. The molecule has 148 valence electrons. The molecule has 0 radical (unpaired) electrons. The van der Waals surface area contributed by atoms with Crippen molar-refractivity contribution in [3.05, 3.63) is 23.8 Å². The Bertz CT molecular complexity index is 662. The van der Waals surface area contributed by atoms with E-state index in [4.69, 9.17) is 18.9 Å². The zero-order valence-corrected chi connectivity index (χ0v) is 15.4. The van der Waals surface area contributed by atoms with Gasteiger partial charge in [-0.15, -0.1) is 0 Å². The molecule has 0 saturated carbocycles. The van der Waals surface area contributed by atoms with Crippen molar-refractivity contribution in [2.24, 2.45) is 0 Å². The zero-order valence-electron chi connectivity index (χ0n) is 15.4. The molecular formula is C18H25N3O6. The van der Waals surface area contributed by atoms with Gasteiger partial charge in [-0.05, 0) is 17.7 Å². The Kier molecular flexibility index (Phi) is 6.86. The Morgan fingerprint density at radius 3 is 2.67 bits per heavy atom. The van der Waals surface area contributed by atoms with Gasteiger partial charge in [0.2, 0.25) is 6.79 Å². The molecule has 1 atom stereocenters. The molecule has 2 N–H and O–H groups in total. The number of hydrogen-bond donors (Lipinski definition) is 2. The molecule has 0 unspecified atom stereocenters. The number of nitrogens with zero attached hydrogens (tertiary/aromatic N) is 1. The molecule has 1 aromatic rings. The van der Waals surface area contributed by atoms with Crippen LogP contribution in [0.2, 0.25) is 0 Å². The summed E-state index contributed by atoms with van der Waals surface area (Å²) in [7, 11) is 1.53. The van der Waals surface area contributed by atoms with Crippen molar-refractivity contribution in [2.75, 3.05) is 59.9 Å². The maximum Gasteiger partial charge on any atom is 0.309 e. The summed E-state index contributed by atoms with van der Waals surface area (Å²) in [5, 5.41) is 5.24. The highest BCUT2D eigenvalue weighted by Gasteiger charge is 2.26. The molecule has 1 saturated heterocycles. The van der Waals surface area contributed by atoms with Gasteiger partial charge >= 0.3 is 11.8 Å². The molecule has 27 heavy (non-hydrogen) atoms. The Hall–Kier alpha value is -2.36. The zero-order chi connectivity index (χ0) is 19.1. The van der Waals surface area contributed by atoms with E-state index < -0.39 is 11.8 Å². The number of carbonyl (C=O) groups excluding carboxylic acids is 2. The SMILES string of the molecule is COCCNC(=O)C(=O)NC[C@@H](c1ccc2c(c1)OCO2)N1CCOCC1. The number of morpholine rings is 1. The fourth-order valence-corrected chi connectivity index (χ4v) is 3.08. The number of amides is 2. The largest absolute Gasteiger partial charge is 0.454 e. The fraction of sp³-hybridized carbons (Fsp3) is 0.556. The molecule has 9 heteroatoms. The van der Waals surface area contributed by atoms with Crippen LogP contribution in [0, 0.1) is 0 Å². The lowest BCUT2D eigenvalue weighted by Gasteiger charge is -2.34. The molecule has 3 rings (SSSR count). The second kappa shape index (κ2) is 9.54. The lowest BCUT2D eigenvalue weighted by atomic mass is 10.0. The van der Waals surface area contributed by atoms with Gasteiger partial charge in [0.1, 0.15) is 0 Å². The molecule has 2 aliphatic rings. The lowest BCUT2D eigenvalue weighted by Crippen LogP contribution is -2.47. The highest BCUT2D eigenvalue weighted by atomic mass is 16.7. The van der Waals surface area contributed by atoms with Crippen LogP contribution in [0.15, 0.2) is 18.2 Å². The number of hydrogen-bond acceptors (Lipinski definition) is 7. The monoisotopic (exact) mass is 379 g/mol. The van der Waals surface area contributed by atoms with E-state index in [-0.39, 0.29) is 19.4 Å². The van der Waals surface area contributed by atoms with Gasteiger partial charge in [0.15, 0.2) is 11.5 Å². The summed E-state index contributed by atoms with van der Waals surface area (Å²) in [6, 6.07) is 5.65. The van der Waals surface area contributed by atoms with Crippen LogP contribution in [-0.2, 0) is 19.1 Å². The van der Waals surface area contributed by atoms with E-state index in [0.29, 0.717) is 37.9 Å². The summed E-state index contributed by atoms with van der Waals surface area (Å²) in [5.41, 5.74) is 0.987. The van der Waals surface area contributed by atoms with Gasteiger partial charge in [0.25, 0.3) is 0 Å². The fourth-order valence-electron chi connectivity index (χ4n) is 3.08. The van der Waals surface area contributed by atoms with Crippen LogP contribution in [-0.4, -0.2) is 76.6 Å². The van der Waals surface area contributed by atoms with E-state index in [1.807, 2.05) is 18.2 Å². The van der Waals surface area contributed by atoms with E-state index >= 15 is 0 Å². The first-order valence-electron chi connectivity index (χ1n) is 8.95. The van der Waals surface area contributed by atoms with Gasteiger partial charge in [-0.2, -0.15) is 0 Å². The lowest BCUT2D eigenvalue weighted by molar-refractivity contribution is -0.139. The summed E-state index contributed by atoms with van der Waals surface area (Å²) < 4.78 is 21.1. The minimum Gasteiger partial charge on any atom is -0.454 e. The second-order valence-corrected chi connectivity index (χ2v) is 6.24. The number of methoxy groups -OCH3 is 1. The summed E-state index contributed by atoms with van der Waals surface area (Å²) in [6.45, 7) is 3.91. The third kappa shape index (κ3) is 5.09. The van der Waals surface area contributed by atoms with E-state index in [9.17, 15) is 9.59 Å². The third-order valence-corrected chi connectivity index (χ3v) is 4.52. The number of nitrogens with one attached hydrogen (secondary N) is 2. The average Bonchev–Trinajstić information content (AvgIpc) is 3.17. The Labute approximate surface area is 157 Å². The maximum atomic E-state index is 12.1. The van der Waals surface area contributed by atoms with E-state index in [1.54, 1.807) is 0 Å². The van der Waals surface area contributed by atoms with Crippen molar-refractivity contribution < 1.29 is 28.5 Å². The molecule has 2 amide bonds. The Morgan fingerprint density at radius 2 is 1.89 bits per heavy atom. The first-order valence-corrected chi connectivity index (χ1v) is 8.95. The first kappa shape index (κ1) is 19.4. The molecule has 1 fully saturated rings. The van der Waals surface area contributed by atoms with Gasteiger partial charge in [-0.1, -0.05) is 6.07 Å². The molecule has 0 aliphatic carbocycles. The summed E-state index contributed by atoms with van der Waals surface area (Å²) in [4.78, 5) is 26.2. The van der Waals surface area contributed by atoms with Gasteiger partial charge in [0, 0.05) is 33.3 Å². The first-order chi connectivity index (χ1) is 13.2. The van der Waals surface area contributed by atoms with Gasteiger partial charge < -0.3 is 29.6 Å². The van der Waals surface area contributed by atoms with Crippen molar-refractivity contribution in [2.45, 2.75) is 6.04 Å². The van der Waals surface area contributed by atoms with Crippen molar-refractivity contribution in [1.82, 2.24) is 15.5 Å². The molecular weight excluding hydrogens is 354 g/mol. The summed E-state index contributed by atoms with van der Waals surface area (Å²) in [5.74, 6) is 0.0685. The van der Waals surface area contributed by atoms with Crippen LogP contribution in [0.25, 0.3) is 0 Å². The number of fused-ring (bicyclic) bond motifs is 1. The van der Waals surface area contributed by atoms with Gasteiger partial charge in [0.05, 0.1) is 25.9 Å². The molecule has 0 spiro atoms. The van der Waals surface area contributed by atoms with Gasteiger partial charge in [-0.3, -0.25) is 14.5 Å². The average molecular weight is 379 g/mol. The minimum atomic E-state index is -0.668. The predicted octanol–water partition coefficient (Wildman–Crippen LogP) is -0.333. The minimum absolute atomic E-state index is 0.0980. The van der Waals surface area contributed by atoms with Crippen LogP contribution in [0.5, 0.6) is 11.5 Å². The van der Waals surface area contributed by atoms with Crippen LogP contribution in [0.1, 0.15) is 11.6 Å². The highest BCUT2D eigenvalue weighted by molar-refractivity contribution is 6.35. The molecule has 0 aromatic heterocycles. The number of carbonyl (C=O) groups is 2. The topological polar surface area (TPSA) is 98.4 Å². The normalized spacial score (nSPS) is 17.4. The third-order valence-electron chi connectivity index (χ3n) is 4.52. The van der Waals surface area contributed by atoms with Crippen LogP contribution < -0.4 is 20.1 Å². The highest BCUT2D eigenvalue weighted by Crippen LogP contribution is 2.35.